The van der Waals surface area contributed by atoms with Gasteiger partial charge in [-0.3, -0.25) is 39.4 Å². The smallest absolute Gasteiger partial charge is 0.410 e. The van der Waals surface area contributed by atoms with E-state index in [0.717, 1.165) is 181 Å². The van der Waals surface area contributed by atoms with Crippen molar-refractivity contribution in [1.82, 2.24) is 44.5 Å². The lowest BCUT2D eigenvalue weighted by Gasteiger charge is -2.47. The Kier molecular flexibility index (Phi) is 18.9. The zero-order chi connectivity index (χ0) is 62.3. The van der Waals surface area contributed by atoms with Crippen LogP contribution in [-0.2, 0) is 19.1 Å². The van der Waals surface area contributed by atoms with Crippen LogP contribution in [0.4, 0.5) is 61.7 Å². The van der Waals surface area contributed by atoms with Gasteiger partial charge in [0, 0.05) is 171 Å². The third-order valence-corrected chi connectivity index (χ3v) is 20.4. The van der Waals surface area contributed by atoms with Crippen LogP contribution in [0.2, 0.25) is 0 Å². The van der Waals surface area contributed by atoms with Crippen LogP contribution in [0.25, 0.3) is 0 Å². The van der Waals surface area contributed by atoms with Gasteiger partial charge in [-0.25, -0.2) is 4.79 Å². The van der Waals surface area contributed by atoms with E-state index in [1.54, 1.807) is 54.5 Å². The number of pyridine rings is 5. The lowest BCUT2D eigenvalue weighted by Crippen LogP contribution is -2.54. The zero-order valence-electron chi connectivity index (χ0n) is 52.0. The molecule has 10 aliphatic rings. The second-order valence-corrected chi connectivity index (χ2v) is 25.9. The Morgan fingerprint density at radius 3 is 1.33 bits per heavy atom. The molecule has 0 aliphatic carbocycles. The lowest BCUT2D eigenvalue weighted by atomic mass is 9.77. The van der Waals surface area contributed by atoms with Crippen LogP contribution in [0, 0.1) is 10.8 Å². The summed E-state index contributed by atoms with van der Waals surface area (Å²) in [5.41, 5.74) is 41.0. The van der Waals surface area contributed by atoms with Gasteiger partial charge >= 0.3 is 6.09 Å². The molecular formula is C65H91N19O5. The van der Waals surface area contributed by atoms with Gasteiger partial charge in [-0.05, 0) is 94.5 Å². The van der Waals surface area contributed by atoms with Crippen LogP contribution >= 0.6 is 0 Å². The molecule has 89 heavy (non-hydrogen) atoms. The average molecular weight is 1220 g/mol. The number of anilines is 10. The highest BCUT2D eigenvalue weighted by molar-refractivity contribution is 5.80. The molecule has 0 bridgehead atoms. The van der Waals surface area contributed by atoms with Crippen LogP contribution in [0.3, 0.4) is 0 Å². The molecule has 10 N–H and O–H groups in total. The van der Waals surface area contributed by atoms with Crippen molar-refractivity contribution in [3.05, 3.63) is 105 Å². The van der Waals surface area contributed by atoms with Crippen molar-refractivity contribution in [2.75, 3.05) is 172 Å². The Morgan fingerprint density at radius 1 is 0.494 bits per heavy atom. The van der Waals surface area contributed by atoms with Gasteiger partial charge in [0.15, 0.2) is 0 Å². The van der Waals surface area contributed by atoms with E-state index < -0.39 is 0 Å². The second-order valence-electron chi connectivity index (χ2n) is 25.9. The van der Waals surface area contributed by atoms with E-state index in [0.29, 0.717) is 43.1 Å². The van der Waals surface area contributed by atoms with E-state index in [9.17, 15) is 14.4 Å². The minimum absolute atomic E-state index is 0.0926. The van der Waals surface area contributed by atoms with E-state index in [2.05, 4.69) is 60.9 Å². The number of aromatic nitrogens is 5. The number of piperidine rings is 4. The minimum Gasteiger partial charge on any atom is -0.447 e. The standard InChI is InChI=1S/2C14H20N4O.C14H20N4.C12H17N3O.C11H14N4O2/c1-17-10-14(8-13(17)19)3-6-18(7-4-14)12-2-5-16-9-11(12)15;1-17-13(19)2-4-14(17)5-8-18(9-6-14)12-3-7-16-10-11(12)15;1-11-3-2-4-12-10-17(7-8-18(11)12)14-5-6-16-9-13(14)15;13-10-7-14-4-1-11(10)15-5-2-12(3-6-15)8-16-9-12;12-9-5-13-2-1-10(9)14-3-4-15-8(6-14)7-17-11(15)16/h2,5,9H,3-4,6-8,10,15H2,1H3;3,7,10H,2,4-6,8-9,15H2,1H3;5-6,9,12H,1-4,7-8,10,15H2;1,4,7H,2-3,5-6,8-9,13H2;1-2,5,8H,3-4,6-7,12H2. The van der Waals surface area contributed by atoms with Gasteiger partial charge in [-0.15, -0.1) is 0 Å². The van der Waals surface area contributed by atoms with E-state index in [1.165, 1.54) is 31.4 Å². The molecule has 3 amide bonds. The number of cyclic esters (lactones) is 1. The number of rotatable bonds is 5. The number of fused-ring (bicyclic) bond motifs is 2. The van der Waals surface area contributed by atoms with Gasteiger partial charge in [0.25, 0.3) is 0 Å². The molecule has 2 atom stereocenters. The first kappa shape index (κ1) is 62.1. The highest BCUT2D eigenvalue weighted by Gasteiger charge is 2.46. The molecule has 10 fully saturated rings. The SMILES string of the molecule is C=C1CCCC2CN(c3ccncc3N)CCN12.CN1C(=O)CCC12CCN(c1ccncc1N)CC2.CN1CC2(CCN(c3ccncc3N)CC2)CC1=O.Nc1cnccc1N1CCC2(CC1)COC2.Nc1cnccc1N1CCN2C(=O)OCC2C1. The number of hydrogen-bond acceptors (Lipinski definition) is 21. The van der Waals surface area contributed by atoms with Crippen LogP contribution in [0.1, 0.15) is 77.0 Å². The normalized spacial score (nSPS) is 23.0. The number of nitrogens with two attached hydrogens (primary N) is 5. The molecule has 5 aromatic heterocycles. The number of piperazine rings is 2. The summed E-state index contributed by atoms with van der Waals surface area (Å²) < 4.78 is 10.4. The number of nitrogen functional groups attached to an aromatic ring is 5. The summed E-state index contributed by atoms with van der Waals surface area (Å²) in [6.07, 6.45) is 29.9. The van der Waals surface area contributed by atoms with Crippen molar-refractivity contribution in [3.8, 4) is 0 Å². The Morgan fingerprint density at radius 2 is 0.921 bits per heavy atom. The van der Waals surface area contributed by atoms with Gasteiger partial charge < -0.3 is 77.3 Å². The molecule has 0 saturated carbocycles. The number of ether oxygens (including phenoxy) is 2. The van der Waals surface area contributed by atoms with Gasteiger partial charge in [0.2, 0.25) is 11.8 Å². The van der Waals surface area contributed by atoms with Crippen molar-refractivity contribution in [2.24, 2.45) is 10.8 Å². The van der Waals surface area contributed by atoms with E-state index in [4.69, 9.17) is 38.1 Å². The second kappa shape index (κ2) is 27.1. The lowest BCUT2D eigenvalue weighted by molar-refractivity contribution is -0.130. The van der Waals surface area contributed by atoms with Crippen LogP contribution < -0.4 is 53.2 Å². The largest absolute Gasteiger partial charge is 0.447 e. The number of amides is 3. The van der Waals surface area contributed by atoms with Gasteiger partial charge in [0.1, 0.15) is 6.61 Å². The van der Waals surface area contributed by atoms with Crippen molar-refractivity contribution >= 4 is 74.8 Å². The fraction of sp³-hybridized carbons (Fsp3) is 0.538. The van der Waals surface area contributed by atoms with Gasteiger partial charge in [-0.1, -0.05) is 6.58 Å². The number of carbonyl (C=O) groups excluding carboxylic acids is 3. The zero-order valence-corrected chi connectivity index (χ0v) is 52.0. The summed E-state index contributed by atoms with van der Waals surface area (Å²) in [4.78, 5) is 74.6. The van der Waals surface area contributed by atoms with Gasteiger partial charge in [-0.2, -0.15) is 0 Å². The first-order valence-corrected chi connectivity index (χ1v) is 31.7. The van der Waals surface area contributed by atoms with Crippen molar-refractivity contribution < 1.29 is 23.9 Å². The molecule has 10 saturated heterocycles. The number of carbonyl (C=O) groups is 3. The fourth-order valence-electron chi connectivity index (χ4n) is 14.8. The Balaban J connectivity index is 0.000000115. The number of hydrogen-bond donors (Lipinski definition) is 5. The predicted molar refractivity (Wildman–Crippen MR) is 350 cm³/mol. The van der Waals surface area contributed by atoms with Crippen LogP contribution in [0.5, 0.6) is 0 Å². The maximum atomic E-state index is 11.7. The molecule has 15 rings (SSSR count). The highest BCUT2D eigenvalue weighted by Crippen LogP contribution is 2.44. The molecule has 476 valence electrons. The highest BCUT2D eigenvalue weighted by atomic mass is 16.6. The summed E-state index contributed by atoms with van der Waals surface area (Å²) >= 11 is 0. The number of likely N-dealkylation sites (tertiary alicyclic amines) is 2. The predicted octanol–water partition coefficient (Wildman–Crippen LogP) is 5.80. The van der Waals surface area contributed by atoms with Crippen LogP contribution in [0.15, 0.2) is 105 Å². The summed E-state index contributed by atoms with van der Waals surface area (Å²) in [5, 5.41) is 0. The van der Waals surface area contributed by atoms with Crippen molar-refractivity contribution in [1.29, 1.82) is 0 Å². The van der Waals surface area contributed by atoms with Crippen LogP contribution in [-0.4, -0.2) is 199 Å². The average Bonchev–Trinajstić information content (AvgIpc) is 2.62. The Hall–Kier alpha value is -8.54. The number of allylic oxidation sites excluding steroid dienone is 1. The summed E-state index contributed by atoms with van der Waals surface area (Å²) in [6.45, 7) is 18.8. The topological polar surface area (TPSA) is 293 Å². The molecule has 15 heterocycles. The molecule has 3 spiro atoms. The quantitative estimate of drug-likeness (QED) is 0.139. The fourth-order valence-corrected chi connectivity index (χ4v) is 14.8. The van der Waals surface area contributed by atoms with Gasteiger partial charge in [0.05, 0.1) is 107 Å². The molecule has 5 aromatic rings. The molecule has 10 aliphatic heterocycles. The summed E-state index contributed by atoms with van der Waals surface area (Å²) in [5.74, 6) is 0.578. The van der Waals surface area contributed by atoms with Crippen molar-refractivity contribution in [2.45, 2.75) is 94.7 Å². The number of nitrogens with zero attached hydrogens (tertiary/aromatic N) is 14. The molecule has 0 aromatic carbocycles. The minimum atomic E-state index is -0.197. The molecular weight excluding hydrogens is 1130 g/mol. The maximum Gasteiger partial charge on any atom is 0.410 e. The Bertz CT molecular complexity index is 3270. The summed E-state index contributed by atoms with van der Waals surface area (Å²) in [7, 11) is 3.86. The Labute approximate surface area is 523 Å². The monoisotopic (exact) mass is 1220 g/mol. The molecule has 24 heteroatoms. The summed E-state index contributed by atoms with van der Waals surface area (Å²) in [6, 6.07) is 10.6. The molecule has 2 unspecified atom stereocenters. The van der Waals surface area contributed by atoms with E-state index in [1.807, 2.05) is 66.6 Å². The third-order valence-electron chi connectivity index (χ3n) is 20.4. The maximum absolute atomic E-state index is 11.7. The van der Waals surface area contributed by atoms with E-state index >= 15 is 0 Å². The van der Waals surface area contributed by atoms with Crippen molar-refractivity contribution in [3.63, 3.8) is 0 Å². The third kappa shape index (κ3) is 13.9. The first-order valence-electron chi connectivity index (χ1n) is 31.7. The molecule has 24 nitrogen and oxygen atoms in total. The first-order chi connectivity index (χ1) is 43.0. The van der Waals surface area contributed by atoms with E-state index in [-0.39, 0.29) is 34.9 Å². The molecule has 0 radical (unpaired) electrons.